The number of benzene rings is 3. The van der Waals surface area contributed by atoms with Gasteiger partial charge in [-0.2, -0.15) is 5.10 Å². The number of hydrogen-bond acceptors (Lipinski definition) is 8. The molecule has 37 heavy (non-hydrogen) atoms. The average Bonchev–Trinajstić information content (AvgIpc) is 3.37. The van der Waals surface area contributed by atoms with Crippen molar-refractivity contribution in [2.75, 3.05) is 26.6 Å². The third-order valence-electron chi connectivity index (χ3n) is 5.22. The van der Waals surface area contributed by atoms with Gasteiger partial charge >= 0.3 is 0 Å². The summed E-state index contributed by atoms with van der Waals surface area (Å²) in [6.45, 7) is 2.54. The lowest BCUT2D eigenvalue weighted by molar-refractivity contribution is -0.118. The van der Waals surface area contributed by atoms with Crippen LogP contribution in [-0.4, -0.2) is 53.5 Å². The Hall–Kier alpha value is -4.31. The monoisotopic (exact) mass is 517 g/mol. The third-order valence-corrected chi connectivity index (χ3v) is 6.14. The fraction of sp³-hybridized carbons (Fsp3) is 0.185. The fourth-order valence-electron chi connectivity index (χ4n) is 3.49. The predicted molar refractivity (Wildman–Crippen MR) is 144 cm³/mol. The summed E-state index contributed by atoms with van der Waals surface area (Å²) in [6.07, 6.45) is 1.58. The number of nitrogens with one attached hydrogen (secondary N) is 1. The molecule has 3 aromatic carbocycles. The van der Waals surface area contributed by atoms with Crippen LogP contribution in [0.25, 0.3) is 17.1 Å². The minimum absolute atomic E-state index is 0.109. The quantitative estimate of drug-likeness (QED) is 0.176. The van der Waals surface area contributed by atoms with E-state index in [9.17, 15) is 4.79 Å². The molecule has 4 rings (SSSR count). The number of aromatic nitrogens is 3. The molecule has 0 aliphatic rings. The summed E-state index contributed by atoms with van der Waals surface area (Å²) in [7, 11) is 3.17. The first kappa shape index (κ1) is 25.8. The molecule has 0 unspecified atom stereocenters. The van der Waals surface area contributed by atoms with Crippen LogP contribution in [0.15, 0.2) is 83.1 Å². The van der Waals surface area contributed by atoms with Crippen LogP contribution < -0.4 is 19.6 Å². The van der Waals surface area contributed by atoms with Crippen LogP contribution >= 0.6 is 11.8 Å². The van der Waals surface area contributed by atoms with Gasteiger partial charge in [0.1, 0.15) is 5.75 Å². The maximum Gasteiger partial charge on any atom is 0.250 e. The van der Waals surface area contributed by atoms with Gasteiger partial charge in [-0.1, -0.05) is 30.0 Å². The molecule has 4 aromatic rings. The normalized spacial score (nSPS) is 10.9. The van der Waals surface area contributed by atoms with E-state index in [-0.39, 0.29) is 11.7 Å². The molecular formula is C27H27N5O4S. The van der Waals surface area contributed by atoms with Gasteiger partial charge in [-0.15, -0.1) is 10.2 Å². The van der Waals surface area contributed by atoms with Gasteiger partial charge in [0.05, 0.1) is 32.8 Å². The van der Waals surface area contributed by atoms with Crippen molar-refractivity contribution in [2.24, 2.45) is 5.10 Å². The summed E-state index contributed by atoms with van der Waals surface area (Å²) in [5.74, 6) is 2.45. The molecule has 10 heteroatoms. The number of carbonyl (C=O) groups excluding carboxylic acids is 1. The number of hydrazone groups is 1. The van der Waals surface area contributed by atoms with E-state index in [0.717, 1.165) is 22.6 Å². The van der Waals surface area contributed by atoms with Gasteiger partial charge in [-0.25, -0.2) is 5.43 Å². The van der Waals surface area contributed by atoms with E-state index < -0.39 is 0 Å². The number of nitrogens with zero attached hydrogens (tertiary/aromatic N) is 4. The van der Waals surface area contributed by atoms with Crippen LogP contribution in [0.2, 0.25) is 0 Å². The highest BCUT2D eigenvalue weighted by molar-refractivity contribution is 7.99. The molecule has 190 valence electrons. The summed E-state index contributed by atoms with van der Waals surface area (Å²) in [6, 6.07) is 22.7. The molecule has 0 atom stereocenters. The molecule has 0 fully saturated rings. The van der Waals surface area contributed by atoms with E-state index >= 15 is 0 Å². The van der Waals surface area contributed by atoms with E-state index in [4.69, 9.17) is 14.2 Å². The van der Waals surface area contributed by atoms with Crippen molar-refractivity contribution in [2.45, 2.75) is 12.1 Å². The second kappa shape index (κ2) is 12.6. The minimum Gasteiger partial charge on any atom is -0.494 e. The smallest absolute Gasteiger partial charge is 0.250 e. The lowest BCUT2D eigenvalue weighted by Gasteiger charge is -2.12. The number of para-hydroxylation sites is 1. The average molecular weight is 518 g/mol. The van der Waals surface area contributed by atoms with E-state index in [2.05, 4.69) is 20.7 Å². The first-order chi connectivity index (χ1) is 18.1. The number of hydrogen-bond donors (Lipinski definition) is 1. The number of methoxy groups -OCH3 is 2. The Morgan fingerprint density at radius 2 is 1.76 bits per heavy atom. The number of amides is 1. The van der Waals surface area contributed by atoms with Gasteiger partial charge < -0.3 is 14.2 Å². The highest BCUT2D eigenvalue weighted by Gasteiger charge is 2.18. The first-order valence-electron chi connectivity index (χ1n) is 11.5. The number of ether oxygens (including phenoxy) is 3. The van der Waals surface area contributed by atoms with Crippen LogP contribution in [0.3, 0.4) is 0 Å². The Labute approximate surface area is 219 Å². The summed E-state index contributed by atoms with van der Waals surface area (Å²) < 4.78 is 18.1. The van der Waals surface area contributed by atoms with Crippen LogP contribution in [-0.2, 0) is 4.79 Å². The lowest BCUT2D eigenvalue weighted by Crippen LogP contribution is -2.20. The Morgan fingerprint density at radius 3 is 2.46 bits per heavy atom. The third kappa shape index (κ3) is 6.47. The summed E-state index contributed by atoms with van der Waals surface area (Å²) in [5, 5.41) is 13.4. The molecule has 0 aliphatic carbocycles. The zero-order valence-corrected chi connectivity index (χ0v) is 21.6. The number of carbonyl (C=O) groups is 1. The minimum atomic E-state index is -0.262. The van der Waals surface area contributed by atoms with Crippen molar-refractivity contribution in [1.82, 2.24) is 20.2 Å². The summed E-state index contributed by atoms with van der Waals surface area (Å²) in [4.78, 5) is 12.5. The van der Waals surface area contributed by atoms with E-state index in [1.165, 1.54) is 11.8 Å². The Morgan fingerprint density at radius 1 is 1.00 bits per heavy atom. The van der Waals surface area contributed by atoms with Crippen molar-refractivity contribution in [3.8, 4) is 34.3 Å². The Bertz CT molecular complexity index is 1360. The van der Waals surface area contributed by atoms with Gasteiger partial charge in [0.15, 0.2) is 22.5 Å². The lowest BCUT2D eigenvalue weighted by atomic mass is 10.2. The van der Waals surface area contributed by atoms with Crippen LogP contribution in [0.4, 0.5) is 0 Å². The standard InChI is InChI=1S/C27H27N5O4S/c1-4-36-22-13-10-19(11-14-22)17-28-29-25(33)18-37-27-31-30-26(32(27)21-8-6-5-7-9-21)20-12-15-23(34-2)24(16-20)35-3/h5-17H,4,18H2,1-3H3,(H,29,33). The Kier molecular flexibility index (Phi) is 8.77. The molecule has 9 nitrogen and oxygen atoms in total. The molecule has 0 bridgehead atoms. The SMILES string of the molecule is CCOc1ccc(C=NNC(=O)CSc2nnc(-c3ccc(OC)c(OC)c3)n2-c2ccccc2)cc1. The molecule has 0 radical (unpaired) electrons. The predicted octanol–water partition coefficient (Wildman–Crippen LogP) is 4.59. The molecule has 1 amide bonds. The molecule has 1 aromatic heterocycles. The van der Waals surface area contributed by atoms with Crippen molar-refractivity contribution >= 4 is 23.9 Å². The zero-order valence-electron chi connectivity index (χ0n) is 20.7. The largest absolute Gasteiger partial charge is 0.494 e. The molecule has 0 saturated carbocycles. The molecule has 0 spiro atoms. The second-order valence-electron chi connectivity index (χ2n) is 7.63. The van der Waals surface area contributed by atoms with Gasteiger partial charge in [0, 0.05) is 11.3 Å². The maximum absolute atomic E-state index is 12.5. The molecule has 1 heterocycles. The van der Waals surface area contributed by atoms with E-state index in [0.29, 0.717) is 29.1 Å². The number of rotatable bonds is 11. The van der Waals surface area contributed by atoms with E-state index in [1.54, 1.807) is 20.4 Å². The summed E-state index contributed by atoms with van der Waals surface area (Å²) in [5.41, 5.74) is 5.07. The Balaban J connectivity index is 1.49. The topological polar surface area (TPSA) is 99.9 Å². The first-order valence-corrected chi connectivity index (χ1v) is 12.5. The maximum atomic E-state index is 12.5. The van der Waals surface area contributed by atoms with Gasteiger partial charge in [-0.05, 0) is 67.1 Å². The van der Waals surface area contributed by atoms with Crippen molar-refractivity contribution in [3.05, 3.63) is 78.4 Å². The second-order valence-corrected chi connectivity index (χ2v) is 8.57. The van der Waals surface area contributed by atoms with Gasteiger partial charge in [0.25, 0.3) is 5.91 Å². The van der Waals surface area contributed by atoms with Crippen LogP contribution in [0, 0.1) is 0 Å². The molecular weight excluding hydrogens is 490 g/mol. The van der Waals surface area contributed by atoms with Gasteiger partial charge in [-0.3, -0.25) is 9.36 Å². The highest BCUT2D eigenvalue weighted by Crippen LogP contribution is 2.34. The van der Waals surface area contributed by atoms with Crippen molar-refractivity contribution in [1.29, 1.82) is 0 Å². The fourth-order valence-corrected chi connectivity index (χ4v) is 4.24. The zero-order chi connectivity index (χ0) is 26.0. The molecule has 1 N–H and O–H groups in total. The highest BCUT2D eigenvalue weighted by atomic mass is 32.2. The molecule has 0 aliphatic heterocycles. The van der Waals surface area contributed by atoms with Crippen molar-refractivity contribution in [3.63, 3.8) is 0 Å². The summed E-state index contributed by atoms with van der Waals surface area (Å²) >= 11 is 1.27. The number of thioether (sulfide) groups is 1. The van der Waals surface area contributed by atoms with Crippen LogP contribution in [0.1, 0.15) is 12.5 Å². The van der Waals surface area contributed by atoms with Crippen LogP contribution in [0.5, 0.6) is 17.2 Å². The van der Waals surface area contributed by atoms with Gasteiger partial charge in [0.2, 0.25) is 0 Å². The van der Waals surface area contributed by atoms with Crippen molar-refractivity contribution < 1.29 is 19.0 Å². The van der Waals surface area contributed by atoms with E-state index in [1.807, 2.05) is 84.3 Å². The molecule has 0 saturated heterocycles.